The lowest BCUT2D eigenvalue weighted by molar-refractivity contribution is -0.138. The number of esters is 1. The Hall–Kier alpha value is -1.52. The summed E-state index contributed by atoms with van der Waals surface area (Å²) in [6.07, 6.45) is 1.43. The number of methoxy groups -OCH3 is 1. The molecule has 5 nitrogen and oxygen atoms in total. The summed E-state index contributed by atoms with van der Waals surface area (Å²) in [7, 11) is 1.26. The zero-order valence-corrected chi connectivity index (χ0v) is 6.88. The van der Waals surface area contributed by atoms with E-state index in [2.05, 4.69) is 15.4 Å². The lowest BCUT2D eigenvalue weighted by Crippen LogP contribution is -2.46. The second-order valence-corrected chi connectivity index (χ2v) is 2.43. The molecule has 2 N–H and O–H groups in total. The Kier molecular flexibility index (Phi) is 2.32. The maximum absolute atomic E-state index is 11.0. The fourth-order valence-corrected chi connectivity index (χ4v) is 0.781. The Balaban J connectivity index is 2.70. The Bertz CT molecular complexity index is 247. The molecule has 1 unspecified atom stereocenters. The monoisotopic (exact) mass is 170 g/mol. The second kappa shape index (κ2) is 3.25. The van der Waals surface area contributed by atoms with Crippen LogP contribution in [0.25, 0.3) is 0 Å². The number of nitrogens with one attached hydrogen (secondary N) is 2. The normalized spacial score (nSPS) is 22.0. The molecule has 0 aliphatic carbocycles. The standard InChI is InChI=1S/C7H10N2O3/c1-4-6(10)9-5(3-8-4)7(11)12-2/h3-4,8H,1-2H3,(H,9,10). The molecule has 0 aromatic heterocycles. The minimum Gasteiger partial charge on any atom is -0.464 e. The highest BCUT2D eigenvalue weighted by atomic mass is 16.5. The van der Waals surface area contributed by atoms with Crippen LogP contribution in [0.4, 0.5) is 0 Å². The molecule has 5 heteroatoms. The SMILES string of the molecule is COC(=O)C1=CNC(C)C(=O)N1. The zero-order chi connectivity index (χ0) is 9.14. The van der Waals surface area contributed by atoms with Gasteiger partial charge in [0, 0.05) is 6.20 Å². The highest BCUT2D eigenvalue weighted by Crippen LogP contribution is 1.98. The van der Waals surface area contributed by atoms with Crippen molar-refractivity contribution >= 4 is 11.9 Å². The number of carbonyl (C=O) groups is 2. The van der Waals surface area contributed by atoms with E-state index in [9.17, 15) is 9.59 Å². The van der Waals surface area contributed by atoms with Gasteiger partial charge in [-0.1, -0.05) is 0 Å². The minimum absolute atomic E-state index is 0.139. The molecular weight excluding hydrogens is 160 g/mol. The Morgan fingerprint density at radius 2 is 2.33 bits per heavy atom. The summed E-state index contributed by atoms with van der Waals surface area (Å²) in [4.78, 5) is 21.9. The van der Waals surface area contributed by atoms with Gasteiger partial charge in [-0.3, -0.25) is 4.79 Å². The third-order valence-corrected chi connectivity index (χ3v) is 1.53. The summed E-state index contributed by atoms with van der Waals surface area (Å²) in [5.74, 6) is -0.791. The van der Waals surface area contributed by atoms with Gasteiger partial charge in [-0.2, -0.15) is 0 Å². The average Bonchev–Trinajstić information content (AvgIpc) is 2.08. The van der Waals surface area contributed by atoms with Crippen molar-refractivity contribution in [2.45, 2.75) is 13.0 Å². The quantitative estimate of drug-likeness (QED) is 0.501. The minimum atomic E-state index is -0.553. The van der Waals surface area contributed by atoms with E-state index in [1.165, 1.54) is 13.3 Å². The van der Waals surface area contributed by atoms with E-state index in [1.807, 2.05) is 0 Å². The molecule has 1 aliphatic rings. The van der Waals surface area contributed by atoms with Crippen molar-refractivity contribution in [3.05, 3.63) is 11.9 Å². The maximum Gasteiger partial charge on any atom is 0.356 e. The van der Waals surface area contributed by atoms with E-state index >= 15 is 0 Å². The number of hydrogen-bond acceptors (Lipinski definition) is 4. The van der Waals surface area contributed by atoms with Gasteiger partial charge in [0.25, 0.3) is 0 Å². The Morgan fingerprint density at radius 3 is 2.83 bits per heavy atom. The maximum atomic E-state index is 11.0. The zero-order valence-electron chi connectivity index (χ0n) is 6.88. The van der Waals surface area contributed by atoms with Crippen molar-refractivity contribution in [3.8, 4) is 0 Å². The van der Waals surface area contributed by atoms with Crippen LogP contribution in [0, 0.1) is 0 Å². The van der Waals surface area contributed by atoms with E-state index in [0.29, 0.717) is 0 Å². The van der Waals surface area contributed by atoms with Gasteiger partial charge < -0.3 is 15.4 Å². The Morgan fingerprint density at radius 1 is 1.67 bits per heavy atom. The smallest absolute Gasteiger partial charge is 0.356 e. The van der Waals surface area contributed by atoms with Gasteiger partial charge in [0.2, 0.25) is 5.91 Å². The van der Waals surface area contributed by atoms with Gasteiger partial charge in [0.05, 0.1) is 7.11 Å². The van der Waals surface area contributed by atoms with Crippen molar-refractivity contribution in [1.82, 2.24) is 10.6 Å². The van der Waals surface area contributed by atoms with Crippen molar-refractivity contribution in [2.75, 3.05) is 7.11 Å². The third-order valence-electron chi connectivity index (χ3n) is 1.53. The van der Waals surface area contributed by atoms with Crippen molar-refractivity contribution in [1.29, 1.82) is 0 Å². The van der Waals surface area contributed by atoms with Crippen LogP contribution in [0.2, 0.25) is 0 Å². The van der Waals surface area contributed by atoms with Crippen LogP contribution in [0.3, 0.4) is 0 Å². The topological polar surface area (TPSA) is 67.4 Å². The van der Waals surface area contributed by atoms with E-state index in [1.54, 1.807) is 6.92 Å². The van der Waals surface area contributed by atoms with Crippen LogP contribution < -0.4 is 10.6 Å². The first-order valence-corrected chi connectivity index (χ1v) is 3.50. The molecular formula is C7H10N2O3. The average molecular weight is 170 g/mol. The molecule has 0 radical (unpaired) electrons. The second-order valence-electron chi connectivity index (χ2n) is 2.43. The van der Waals surface area contributed by atoms with E-state index in [0.717, 1.165) is 0 Å². The number of hydrogen-bond donors (Lipinski definition) is 2. The summed E-state index contributed by atoms with van der Waals surface area (Å²) >= 11 is 0. The fraction of sp³-hybridized carbons (Fsp3) is 0.429. The van der Waals surface area contributed by atoms with E-state index in [-0.39, 0.29) is 17.6 Å². The molecule has 66 valence electrons. The molecule has 1 amide bonds. The van der Waals surface area contributed by atoms with Crippen molar-refractivity contribution in [2.24, 2.45) is 0 Å². The number of rotatable bonds is 1. The highest BCUT2D eigenvalue weighted by Gasteiger charge is 2.21. The predicted molar refractivity (Wildman–Crippen MR) is 40.8 cm³/mol. The summed E-state index contributed by atoms with van der Waals surface area (Å²) in [6, 6.07) is -0.307. The van der Waals surface area contributed by atoms with Gasteiger partial charge in [0.1, 0.15) is 11.7 Å². The van der Waals surface area contributed by atoms with Gasteiger partial charge in [-0.05, 0) is 6.92 Å². The lowest BCUT2D eigenvalue weighted by Gasteiger charge is -2.19. The lowest BCUT2D eigenvalue weighted by atomic mass is 10.2. The van der Waals surface area contributed by atoms with E-state index in [4.69, 9.17) is 0 Å². The first-order valence-electron chi connectivity index (χ1n) is 3.50. The van der Waals surface area contributed by atoms with Crippen LogP contribution >= 0.6 is 0 Å². The highest BCUT2D eigenvalue weighted by molar-refractivity contribution is 5.96. The molecule has 1 heterocycles. The van der Waals surface area contributed by atoms with Crippen LogP contribution in [0.1, 0.15) is 6.92 Å². The largest absolute Gasteiger partial charge is 0.464 e. The van der Waals surface area contributed by atoms with Crippen LogP contribution in [0.15, 0.2) is 11.9 Å². The molecule has 1 atom stereocenters. The molecule has 0 spiro atoms. The van der Waals surface area contributed by atoms with Gasteiger partial charge in [-0.15, -0.1) is 0 Å². The van der Waals surface area contributed by atoms with Gasteiger partial charge in [0.15, 0.2) is 0 Å². The van der Waals surface area contributed by atoms with Crippen LogP contribution in [-0.2, 0) is 14.3 Å². The predicted octanol–water partition coefficient (Wildman–Crippen LogP) is -0.891. The summed E-state index contributed by atoms with van der Waals surface area (Å²) < 4.78 is 4.41. The van der Waals surface area contributed by atoms with Crippen molar-refractivity contribution < 1.29 is 14.3 Å². The fourth-order valence-electron chi connectivity index (χ4n) is 0.781. The molecule has 0 bridgehead atoms. The first-order chi connectivity index (χ1) is 5.65. The molecule has 0 aromatic carbocycles. The number of carbonyl (C=O) groups excluding carboxylic acids is 2. The van der Waals surface area contributed by atoms with Gasteiger partial charge in [-0.25, -0.2) is 4.79 Å². The van der Waals surface area contributed by atoms with E-state index < -0.39 is 5.97 Å². The van der Waals surface area contributed by atoms with Crippen molar-refractivity contribution in [3.63, 3.8) is 0 Å². The molecule has 0 saturated heterocycles. The summed E-state index contributed by atoms with van der Waals surface area (Å²) in [6.45, 7) is 1.69. The van der Waals surface area contributed by atoms with Crippen LogP contribution in [0.5, 0.6) is 0 Å². The summed E-state index contributed by atoms with van der Waals surface area (Å²) in [5.41, 5.74) is 0.139. The number of amides is 1. The molecule has 0 fully saturated rings. The molecule has 1 aliphatic heterocycles. The molecule has 1 rings (SSSR count). The van der Waals surface area contributed by atoms with Gasteiger partial charge >= 0.3 is 5.97 Å². The number of ether oxygens (including phenoxy) is 1. The Labute approximate surface area is 69.8 Å². The summed E-state index contributed by atoms with van der Waals surface area (Å²) in [5, 5.41) is 5.12. The first kappa shape index (κ1) is 8.58. The molecule has 0 saturated carbocycles. The third kappa shape index (κ3) is 1.55. The molecule has 0 aromatic rings. The van der Waals surface area contributed by atoms with Crippen LogP contribution in [-0.4, -0.2) is 25.0 Å². The molecule has 12 heavy (non-hydrogen) atoms.